The van der Waals surface area contributed by atoms with Gasteiger partial charge in [0.25, 0.3) is 4.27 Å². The molecule has 0 aliphatic rings. The highest BCUT2D eigenvalue weighted by Gasteiger charge is 2.31. The smallest absolute Gasteiger partial charge is 0.357 e. The van der Waals surface area contributed by atoms with E-state index >= 15 is 0 Å². The van der Waals surface area contributed by atoms with Gasteiger partial charge in [-0.15, -0.1) is 25.3 Å². The van der Waals surface area contributed by atoms with Crippen LogP contribution in [0.5, 0.6) is 0 Å². The number of ether oxygens (including phenoxy) is 1. The second kappa shape index (κ2) is 4.93. The summed E-state index contributed by atoms with van der Waals surface area (Å²) in [5.41, 5.74) is 0. The normalized spacial score (nSPS) is 14.3. The number of aliphatic hydroxyl groups excluding tert-OH is 2. The highest BCUT2D eigenvalue weighted by Crippen LogP contribution is 2.21. The number of aliphatic carboxylic acids is 1. The molecule has 0 aromatic rings. The van der Waals surface area contributed by atoms with Gasteiger partial charge < -0.3 is 20.1 Å². The first-order chi connectivity index (χ1) is 5.40. The second-order valence-corrected chi connectivity index (χ2v) is 3.67. The van der Waals surface area contributed by atoms with E-state index in [0.29, 0.717) is 0 Å². The Hall–Kier alpha value is 0.0500. The SMILES string of the molecule is O=C(O)C(S)(S)OCC(O)CO. The summed E-state index contributed by atoms with van der Waals surface area (Å²) in [7, 11) is 0. The van der Waals surface area contributed by atoms with Crippen molar-refractivity contribution in [1.29, 1.82) is 0 Å². The molecule has 0 bridgehead atoms. The molecule has 0 aliphatic carbocycles. The summed E-state index contributed by atoms with van der Waals surface area (Å²) in [5.74, 6) is -1.38. The first kappa shape index (κ1) is 12.0. The lowest BCUT2D eigenvalue weighted by atomic mass is 10.4. The predicted octanol–water partition coefficient (Wildman–Crippen LogP) is -1.05. The molecule has 72 valence electrons. The van der Waals surface area contributed by atoms with Crippen LogP contribution in [0.1, 0.15) is 0 Å². The zero-order valence-electron chi connectivity index (χ0n) is 6.04. The zero-order valence-corrected chi connectivity index (χ0v) is 7.83. The molecule has 0 rings (SSSR count). The van der Waals surface area contributed by atoms with Crippen LogP contribution in [0.4, 0.5) is 0 Å². The average Bonchev–Trinajstić information content (AvgIpc) is 2.00. The second-order valence-electron chi connectivity index (χ2n) is 2.06. The number of hydrogen-bond acceptors (Lipinski definition) is 6. The molecule has 7 heteroatoms. The number of thiol groups is 2. The lowest BCUT2D eigenvalue weighted by Gasteiger charge is -2.19. The molecule has 0 aliphatic heterocycles. The van der Waals surface area contributed by atoms with Gasteiger partial charge in [0, 0.05) is 0 Å². The molecule has 0 heterocycles. The van der Waals surface area contributed by atoms with Crippen LogP contribution in [0.15, 0.2) is 0 Å². The van der Waals surface area contributed by atoms with E-state index in [0.717, 1.165) is 0 Å². The fourth-order valence-corrected chi connectivity index (χ4v) is 0.476. The van der Waals surface area contributed by atoms with Gasteiger partial charge >= 0.3 is 5.97 Å². The van der Waals surface area contributed by atoms with Crippen molar-refractivity contribution in [3.05, 3.63) is 0 Å². The molecule has 5 nitrogen and oxygen atoms in total. The van der Waals surface area contributed by atoms with E-state index in [1.54, 1.807) is 0 Å². The van der Waals surface area contributed by atoms with Crippen molar-refractivity contribution in [1.82, 2.24) is 0 Å². The molecule has 0 aromatic heterocycles. The minimum Gasteiger partial charge on any atom is -0.478 e. The third-order valence-corrected chi connectivity index (χ3v) is 1.61. The third kappa shape index (κ3) is 4.17. The fourth-order valence-electron chi connectivity index (χ4n) is 0.327. The van der Waals surface area contributed by atoms with Gasteiger partial charge in [0.2, 0.25) is 0 Å². The Labute approximate surface area is 80.2 Å². The minimum atomic E-state index is -1.93. The Morgan fingerprint density at radius 3 is 2.42 bits per heavy atom. The highest BCUT2D eigenvalue weighted by molar-refractivity contribution is 8.01. The van der Waals surface area contributed by atoms with Crippen LogP contribution in [0.3, 0.4) is 0 Å². The van der Waals surface area contributed by atoms with Gasteiger partial charge in [-0.3, -0.25) is 0 Å². The number of carboxylic acid groups (broad SMARTS) is 1. The van der Waals surface area contributed by atoms with E-state index in [1.807, 2.05) is 0 Å². The molecule has 0 saturated carbocycles. The number of rotatable bonds is 5. The van der Waals surface area contributed by atoms with Crippen molar-refractivity contribution in [2.45, 2.75) is 10.4 Å². The monoisotopic (exact) mass is 214 g/mol. The topological polar surface area (TPSA) is 87.0 Å². The molecule has 12 heavy (non-hydrogen) atoms. The fraction of sp³-hybridized carbons (Fsp3) is 0.800. The van der Waals surface area contributed by atoms with Crippen molar-refractivity contribution in [2.24, 2.45) is 0 Å². The number of hydrogen-bond donors (Lipinski definition) is 5. The standard InChI is InChI=1S/C5H10O5S2/c6-1-3(7)2-10-5(11,12)4(8)9/h3,6-7,11-12H,1-2H2,(H,8,9). The lowest BCUT2D eigenvalue weighted by Crippen LogP contribution is -2.33. The number of aliphatic hydroxyl groups is 2. The van der Waals surface area contributed by atoms with Crippen LogP contribution in [0.2, 0.25) is 0 Å². The van der Waals surface area contributed by atoms with Crippen molar-refractivity contribution in [2.75, 3.05) is 13.2 Å². The summed E-state index contributed by atoms with van der Waals surface area (Å²) < 4.78 is 2.63. The summed E-state index contributed by atoms with van der Waals surface area (Å²) in [6.07, 6.45) is -1.12. The molecule has 3 N–H and O–H groups in total. The zero-order chi connectivity index (χ0) is 9.78. The Kier molecular flexibility index (Phi) is 4.95. The van der Waals surface area contributed by atoms with E-state index in [9.17, 15) is 4.79 Å². The predicted molar refractivity (Wildman–Crippen MR) is 47.4 cm³/mol. The lowest BCUT2D eigenvalue weighted by molar-refractivity contribution is -0.148. The maximum absolute atomic E-state index is 10.3. The maximum Gasteiger partial charge on any atom is 0.357 e. The summed E-state index contributed by atoms with van der Waals surface area (Å²) in [6.45, 7) is -0.840. The van der Waals surface area contributed by atoms with Crippen LogP contribution < -0.4 is 0 Å². The largest absolute Gasteiger partial charge is 0.478 e. The van der Waals surface area contributed by atoms with Gasteiger partial charge in [-0.25, -0.2) is 4.79 Å². The van der Waals surface area contributed by atoms with Gasteiger partial charge in [0.15, 0.2) is 0 Å². The first-order valence-corrected chi connectivity index (χ1v) is 3.90. The summed E-state index contributed by atoms with van der Waals surface area (Å²) in [4.78, 5) is 10.3. The van der Waals surface area contributed by atoms with Gasteiger partial charge in [-0.1, -0.05) is 0 Å². The maximum atomic E-state index is 10.3. The minimum absolute atomic E-state index is 0.337. The summed E-state index contributed by atoms with van der Waals surface area (Å²) >= 11 is 7.09. The van der Waals surface area contributed by atoms with Crippen LogP contribution >= 0.6 is 25.3 Å². The van der Waals surface area contributed by atoms with Crippen LogP contribution in [-0.4, -0.2) is 44.9 Å². The highest BCUT2D eigenvalue weighted by atomic mass is 32.2. The molecule has 0 radical (unpaired) electrons. The molecule has 0 aromatic carbocycles. The molecule has 1 unspecified atom stereocenters. The molecule has 0 saturated heterocycles. The van der Waals surface area contributed by atoms with Crippen LogP contribution in [0, 0.1) is 0 Å². The van der Waals surface area contributed by atoms with Crippen LogP contribution in [-0.2, 0) is 9.53 Å². The molecule has 0 amide bonds. The molecule has 0 spiro atoms. The van der Waals surface area contributed by atoms with E-state index in [2.05, 4.69) is 30.0 Å². The average molecular weight is 214 g/mol. The van der Waals surface area contributed by atoms with E-state index < -0.39 is 22.9 Å². The summed E-state index contributed by atoms with van der Waals surface area (Å²) in [6, 6.07) is 0. The third-order valence-electron chi connectivity index (χ3n) is 0.966. The summed E-state index contributed by atoms with van der Waals surface area (Å²) in [5, 5.41) is 25.5. The van der Waals surface area contributed by atoms with Gasteiger partial charge in [-0.05, 0) is 0 Å². The number of carboxylic acids is 1. The molecule has 1 atom stereocenters. The Morgan fingerprint density at radius 1 is 1.58 bits per heavy atom. The first-order valence-electron chi connectivity index (χ1n) is 3.01. The van der Waals surface area contributed by atoms with Crippen molar-refractivity contribution in [3.63, 3.8) is 0 Å². The Bertz CT molecular complexity index is 160. The quantitative estimate of drug-likeness (QED) is 0.298. The van der Waals surface area contributed by atoms with E-state index in [-0.39, 0.29) is 6.61 Å². The van der Waals surface area contributed by atoms with E-state index in [4.69, 9.17) is 15.3 Å². The van der Waals surface area contributed by atoms with Crippen molar-refractivity contribution < 1.29 is 24.9 Å². The Balaban J connectivity index is 3.83. The van der Waals surface area contributed by atoms with Crippen LogP contribution in [0.25, 0.3) is 0 Å². The van der Waals surface area contributed by atoms with Gasteiger partial charge in [-0.2, -0.15) is 0 Å². The molecular formula is C5H10O5S2. The van der Waals surface area contributed by atoms with E-state index in [1.165, 1.54) is 0 Å². The van der Waals surface area contributed by atoms with Gasteiger partial charge in [0.1, 0.15) is 6.10 Å². The van der Waals surface area contributed by atoms with Gasteiger partial charge in [0.05, 0.1) is 13.2 Å². The van der Waals surface area contributed by atoms with Crippen molar-refractivity contribution in [3.8, 4) is 0 Å². The number of carbonyl (C=O) groups is 1. The molecule has 0 fully saturated rings. The Morgan fingerprint density at radius 2 is 2.08 bits per heavy atom. The molecular weight excluding hydrogens is 204 g/mol. The van der Waals surface area contributed by atoms with Crippen molar-refractivity contribution >= 4 is 31.2 Å².